The molecule has 1 heterocycles. The zero-order valence-corrected chi connectivity index (χ0v) is 11.5. The maximum absolute atomic E-state index is 12.3. The zero-order chi connectivity index (χ0) is 15.0. The Kier molecular flexibility index (Phi) is 3.49. The summed E-state index contributed by atoms with van der Waals surface area (Å²) < 4.78 is 0. The van der Waals surface area contributed by atoms with Gasteiger partial charge in [-0.05, 0) is 24.3 Å². The van der Waals surface area contributed by atoms with Crippen molar-refractivity contribution in [1.82, 2.24) is 5.32 Å². The van der Waals surface area contributed by atoms with Crippen LogP contribution in [0, 0.1) is 11.8 Å². The normalized spacial score (nSPS) is 32.2. The number of piperidine rings is 1. The molecule has 0 spiro atoms. The first-order valence-electron chi connectivity index (χ1n) is 7.17. The first-order valence-corrected chi connectivity index (χ1v) is 7.17. The molecule has 0 bridgehead atoms. The Bertz CT molecular complexity index is 583. The highest BCUT2D eigenvalue weighted by atomic mass is 16.4. The highest BCUT2D eigenvalue weighted by Gasteiger charge is 2.46. The van der Waals surface area contributed by atoms with Crippen LogP contribution in [0.5, 0.6) is 0 Å². The molecule has 4 unspecified atom stereocenters. The first kappa shape index (κ1) is 13.8. The Hall–Kier alpha value is -2.17. The van der Waals surface area contributed by atoms with Crippen molar-refractivity contribution < 1.29 is 19.5 Å². The van der Waals surface area contributed by atoms with Gasteiger partial charge in [-0.15, -0.1) is 0 Å². The molecule has 5 nitrogen and oxygen atoms in total. The molecule has 4 atom stereocenters. The molecule has 2 aliphatic rings. The molecule has 110 valence electrons. The van der Waals surface area contributed by atoms with E-state index >= 15 is 0 Å². The molecule has 1 amide bonds. The number of fused-ring (bicyclic) bond motifs is 1. The lowest BCUT2D eigenvalue weighted by atomic mass is 9.69. The van der Waals surface area contributed by atoms with E-state index in [4.69, 9.17) is 5.11 Å². The molecular weight excluding hydrogens is 270 g/mol. The molecule has 1 aliphatic heterocycles. The number of rotatable bonds is 2. The van der Waals surface area contributed by atoms with Gasteiger partial charge in [0.1, 0.15) is 11.7 Å². The maximum Gasteiger partial charge on any atom is 0.316 e. The van der Waals surface area contributed by atoms with E-state index in [2.05, 4.69) is 5.32 Å². The minimum absolute atomic E-state index is 0.0614. The van der Waals surface area contributed by atoms with E-state index in [9.17, 15) is 14.4 Å². The first-order chi connectivity index (χ1) is 10.1. The second-order valence-electron chi connectivity index (χ2n) is 5.86. The molecule has 3 rings (SSSR count). The quantitative estimate of drug-likeness (QED) is 0.804. The number of benzene rings is 1. The molecule has 1 saturated heterocycles. The molecule has 5 heteroatoms. The molecule has 2 fully saturated rings. The fraction of sp³-hybridized carbons (Fsp3) is 0.438. The highest BCUT2D eigenvalue weighted by Crippen LogP contribution is 2.38. The summed E-state index contributed by atoms with van der Waals surface area (Å²) in [6.07, 6.45) is 1.25. The summed E-state index contributed by atoms with van der Waals surface area (Å²) in [6.45, 7) is 0. The summed E-state index contributed by atoms with van der Waals surface area (Å²) >= 11 is 0. The summed E-state index contributed by atoms with van der Waals surface area (Å²) in [4.78, 5) is 35.2. The van der Waals surface area contributed by atoms with E-state index in [1.807, 2.05) is 30.3 Å². The second-order valence-corrected chi connectivity index (χ2v) is 5.86. The molecule has 1 aliphatic carbocycles. The monoisotopic (exact) mass is 287 g/mol. The fourth-order valence-electron chi connectivity index (χ4n) is 3.46. The van der Waals surface area contributed by atoms with Gasteiger partial charge in [0.05, 0.1) is 0 Å². The van der Waals surface area contributed by atoms with Gasteiger partial charge in [-0.25, -0.2) is 0 Å². The van der Waals surface area contributed by atoms with Crippen molar-refractivity contribution in [2.24, 2.45) is 11.8 Å². The molecule has 1 aromatic carbocycles. The molecule has 1 aromatic rings. The molecule has 0 aromatic heterocycles. The van der Waals surface area contributed by atoms with Gasteiger partial charge in [0, 0.05) is 18.4 Å². The maximum atomic E-state index is 12.3. The number of carboxylic acids is 1. The minimum atomic E-state index is -1.15. The van der Waals surface area contributed by atoms with Crippen molar-refractivity contribution in [2.45, 2.75) is 31.2 Å². The lowest BCUT2D eigenvalue weighted by molar-refractivity contribution is -0.151. The number of carbonyl (C=O) groups excluding carboxylic acids is 2. The summed E-state index contributed by atoms with van der Waals surface area (Å²) in [5, 5.41) is 11.8. The van der Waals surface area contributed by atoms with Crippen LogP contribution in [0.4, 0.5) is 0 Å². The van der Waals surface area contributed by atoms with Gasteiger partial charge in [0.15, 0.2) is 0 Å². The van der Waals surface area contributed by atoms with E-state index in [0.717, 1.165) is 5.56 Å². The van der Waals surface area contributed by atoms with E-state index in [-0.39, 0.29) is 30.1 Å². The molecule has 21 heavy (non-hydrogen) atoms. The Morgan fingerprint density at radius 3 is 2.52 bits per heavy atom. The topological polar surface area (TPSA) is 83.5 Å². The second kappa shape index (κ2) is 5.31. The zero-order valence-electron chi connectivity index (χ0n) is 11.5. The van der Waals surface area contributed by atoms with Crippen molar-refractivity contribution in [3.05, 3.63) is 35.9 Å². The van der Waals surface area contributed by atoms with Crippen LogP contribution in [0.1, 0.15) is 30.7 Å². The number of hydrogen-bond acceptors (Lipinski definition) is 3. The van der Waals surface area contributed by atoms with Crippen LogP contribution in [0.3, 0.4) is 0 Å². The van der Waals surface area contributed by atoms with Crippen molar-refractivity contribution in [3.8, 4) is 0 Å². The van der Waals surface area contributed by atoms with E-state index in [1.165, 1.54) is 0 Å². The van der Waals surface area contributed by atoms with Gasteiger partial charge < -0.3 is 10.4 Å². The number of carbonyl (C=O) groups is 3. The molecular formula is C16H17NO4. The average Bonchev–Trinajstić information content (AvgIpc) is 2.47. The SMILES string of the molecule is O=C(O)C1CC2C(=O)CC(c3ccccc3)CC2NC1=O. The predicted octanol–water partition coefficient (Wildman–Crippen LogP) is 1.34. The molecule has 1 saturated carbocycles. The van der Waals surface area contributed by atoms with Gasteiger partial charge in [-0.1, -0.05) is 30.3 Å². The Morgan fingerprint density at radius 1 is 1.14 bits per heavy atom. The number of hydrogen-bond donors (Lipinski definition) is 2. The summed E-state index contributed by atoms with van der Waals surface area (Å²) in [5.74, 6) is -2.91. The van der Waals surface area contributed by atoms with E-state index in [0.29, 0.717) is 12.8 Å². The third-order valence-corrected chi connectivity index (χ3v) is 4.59. The summed E-state index contributed by atoms with van der Waals surface area (Å²) in [7, 11) is 0. The van der Waals surface area contributed by atoms with Gasteiger partial charge >= 0.3 is 5.97 Å². The fourth-order valence-corrected chi connectivity index (χ4v) is 3.46. The number of carboxylic acid groups (broad SMARTS) is 1. The largest absolute Gasteiger partial charge is 0.481 e. The third-order valence-electron chi connectivity index (χ3n) is 4.59. The Morgan fingerprint density at radius 2 is 1.86 bits per heavy atom. The standard InChI is InChI=1S/C16H17NO4/c18-14-7-10(9-4-2-1-3-5-9)6-13-11(14)8-12(16(20)21)15(19)17-13/h1-5,10-13H,6-8H2,(H,17,19)(H,20,21). The number of amides is 1. The number of Topliss-reactive ketones (excluding diaryl/α,β-unsaturated/α-hetero) is 1. The van der Waals surface area contributed by atoms with Gasteiger partial charge in [0.2, 0.25) is 5.91 Å². The third kappa shape index (κ3) is 2.55. The lowest BCUT2D eigenvalue weighted by Gasteiger charge is -2.40. The van der Waals surface area contributed by atoms with E-state index < -0.39 is 17.8 Å². The van der Waals surface area contributed by atoms with Crippen LogP contribution in [-0.4, -0.2) is 28.8 Å². The predicted molar refractivity (Wildman–Crippen MR) is 74.6 cm³/mol. The highest BCUT2D eigenvalue weighted by molar-refractivity contribution is 5.99. The molecule has 0 radical (unpaired) electrons. The Balaban J connectivity index is 1.79. The van der Waals surface area contributed by atoms with Gasteiger partial charge in [-0.3, -0.25) is 14.4 Å². The van der Waals surface area contributed by atoms with Crippen LogP contribution in [0.15, 0.2) is 30.3 Å². The van der Waals surface area contributed by atoms with Crippen LogP contribution in [0.25, 0.3) is 0 Å². The number of ketones is 1. The van der Waals surface area contributed by atoms with Crippen LogP contribution < -0.4 is 5.32 Å². The van der Waals surface area contributed by atoms with Crippen molar-refractivity contribution in [2.75, 3.05) is 0 Å². The molecule has 2 N–H and O–H groups in total. The van der Waals surface area contributed by atoms with Gasteiger partial charge in [0.25, 0.3) is 0 Å². The van der Waals surface area contributed by atoms with Crippen LogP contribution >= 0.6 is 0 Å². The lowest BCUT2D eigenvalue weighted by Crippen LogP contribution is -2.56. The van der Waals surface area contributed by atoms with Crippen LogP contribution in [0.2, 0.25) is 0 Å². The number of aliphatic carboxylic acids is 1. The van der Waals surface area contributed by atoms with Crippen molar-refractivity contribution >= 4 is 17.7 Å². The van der Waals surface area contributed by atoms with Crippen molar-refractivity contribution in [3.63, 3.8) is 0 Å². The van der Waals surface area contributed by atoms with E-state index in [1.54, 1.807) is 0 Å². The smallest absolute Gasteiger partial charge is 0.316 e. The number of nitrogens with one attached hydrogen (secondary N) is 1. The minimum Gasteiger partial charge on any atom is -0.481 e. The van der Waals surface area contributed by atoms with Crippen LogP contribution in [-0.2, 0) is 14.4 Å². The Labute approximate surface area is 122 Å². The average molecular weight is 287 g/mol. The summed E-state index contributed by atoms with van der Waals surface area (Å²) in [5.41, 5.74) is 1.10. The van der Waals surface area contributed by atoms with Gasteiger partial charge in [-0.2, -0.15) is 0 Å². The summed E-state index contributed by atoms with van der Waals surface area (Å²) in [6, 6.07) is 9.54. The van der Waals surface area contributed by atoms with Crippen molar-refractivity contribution in [1.29, 1.82) is 0 Å².